The number of methoxy groups -OCH3 is 1. The molecule has 1 saturated heterocycles. The molecule has 0 aliphatic carbocycles. The van der Waals surface area contributed by atoms with Gasteiger partial charge in [-0.1, -0.05) is 5.10 Å². The summed E-state index contributed by atoms with van der Waals surface area (Å²) >= 11 is 0. The number of nitrogens with one attached hydrogen (secondary N) is 1. The van der Waals surface area contributed by atoms with Crippen molar-refractivity contribution in [3.63, 3.8) is 0 Å². The highest BCUT2D eigenvalue weighted by molar-refractivity contribution is 5.28. The van der Waals surface area contributed by atoms with Crippen LogP contribution in [0.1, 0.15) is 12.8 Å². The third kappa shape index (κ3) is 3.13. The van der Waals surface area contributed by atoms with Gasteiger partial charge in [0.25, 0.3) is 0 Å². The summed E-state index contributed by atoms with van der Waals surface area (Å²) in [6, 6.07) is 0.531. The monoisotopic (exact) mass is 240 g/mol. The van der Waals surface area contributed by atoms with Crippen LogP contribution in [-0.4, -0.2) is 59.6 Å². The van der Waals surface area contributed by atoms with Crippen LogP contribution in [0.25, 0.3) is 0 Å². The Morgan fingerprint density at radius 2 is 2.47 bits per heavy atom. The number of anilines is 1. The van der Waals surface area contributed by atoms with Gasteiger partial charge in [0.15, 0.2) is 0 Å². The Hall–Kier alpha value is -1.21. The number of rotatable bonds is 6. The summed E-state index contributed by atoms with van der Waals surface area (Å²) in [6.45, 7) is 3.53. The SMILES string of the molecule is COCCN(CC1CCCN1)c1nnnn1C. The molecule has 1 fully saturated rings. The molecular weight excluding hydrogens is 220 g/mol. The van der Waals surface area contributed by atoms with E-state index in [2.05, 4.69) is 25.7 Å². The van der Waals surface area contributed by atoms with Gasteiger partial charge in [-0.2, -0.15) is 0 Å². The number of aromatic nitrogens is 4. The van der Waals surface area contributed by atoms with E-state index in [9.17, 15) is 0 Å². The van der Waals surface area contributed by atoms with Crippen molar-refractivity contribution >= 4 is 5.95 Å². The van der Waals surface area contributed by atoms with E-state index in [0.717, 1.165) is 25.6 Å². The van der Waals surface area contributed by atoms with Crippen LogP contribution in [0.3, 0.4) is 0 Å². The molecule has 1 N–H and O–H groups in total. The predicted octanol–water partition coefficient (Wildman–Crippen LogP) is -0.585. The molecule has 0 saturated carbocycles. The van der Waals surface area contributed by atoms with Crippen LogP contribution in [0.2, 0.25) is 0 Å². The van der Waals surface area contributed by atoms with Crippen molar-refractivity contribution in [2.45, 2.75) is 18.9 Å². The molecule has 0 radical (unpaired) electrons. The van der Waals surface area contributed by atoms with Gasteiger partial charge in [-0.05, 0) is 29.8 Å². The Morgan fingerprint density at radius 1 is 1.59 bits per heavy atom. The fourth-order valence-electron chi connectivity index (χ4n) is 2.15. The van der Waals surface area contributed by atoms with Gasteiger partial charge >= 0.3 is 0 Å². The Labute approximate surface area is 101 Å². The van der Waals surface area contributed by atoms with Crippen LogP contribution < -0.4 is 10.2 Å². The molecule has 1 atom stereocenters. The van der Waals surface area contributed by atoms with E-state index in [1.165, 1.54) is 12.8 Å². The van der Waals surface area contributed by atoms with E-state index >= 15 is 0 Å². The van der Waals surface area contributed by atoms with E-state index in [1.807, 2.05) is 7.05 Å². The summed E-state index contributed by atoms with van der Waals surface area (Å²) in [5, 5.41) is 15.1. The molecule has 1 aromatic rings. The summed E-state index contributed by atoms with van der Waals surface area (Å²) < 4.78 is 6.83. The van der Waals surface area contributed by atoms with E-state index in [0.29, 0.717) is 12.6 Å². The lowest BCUT2D eigenvalue weighted by atomic mass is 10.2. The van der Waals surface area contributed by atoms with Crippen LogP contribution in [0.15, 0.2) is 0 Å². The van der Waals surface area contributed by atoms with Crippen molar-refractivity contribution in [1.82, 2.24) is 25.5 Å². The number of aryl methyl sites for hydroxylation is 1. The molecule has 17 heavy (non-hydrogen) atoms. The maximum absolute atomic E-state index is 5.13. The number of ether oxygens (including phenoxy) is 1. The molecule has 1 aromatic heterocycles. The molecule has 96 valence electrons. The zero-order valence-electron chi connectivity index (χ0n) is 10.5. The minimum absolute atomic E-state index is 0.531. The van der Waals surface area contributed by atoms with Gasteiger partial charge in [0.1, 0.15) is 0 Å². The Bertz CT molecular complexity index is 335. The van der Waals surface area contributed by atoms with Gasteiger partial charge in [-0.25, -0.2) is 4.68 Å². The molecule has 1 unspecified atom stereocenters. The van der Waals surface area contributed by atoms with Crippen molar-refractivity contribution in [2.75, 3.05) is 38.3 Å². The van der Waals surface area contributed by atoms with Crippen LogP contribution in [0, 0.1) is 0 Å². The van der Waals surface area contributed by atoms with Crippen LogP contribution in [-0.2, 0) is 11.8 Å². The highest BCUT2D eigenvalue weighted by Crippen LogP contribution is 2.12. The molecular formula is C10H20N6O. The fraction of sp³-hybridized carbons (Fsp3) is 0.900. The quantitative estimate of drug-likeness (QED) is 0.717. The number of nitrogens with zero attached hydrogens (tertiary/aromatic N) is 5. The summed E-state index contributed by atoms with van der Waals surface area (Å²) in [5.41, 5.74) is 0. The van der Waals surface area contributed by atoms with E-state index in [4.69, 9.17) is 4.74 Å². The molecule has 0 bridgehead atoms. The van der Waals surface area contributed by atoms with Crippen LogP contribution in [0.5, 0.6) is 0 Å². The van der Waals surface area contributed by atoms with Gasteiger partial charge in [-0.15, -0.1) is 0 Å². The second kappa shape index (κ2) is 5.92. The van der Waals surface area contributed by atoms with Crippen LogP contribution >= 0.6 is 0 Å². The van der Waals surface area contributed by atoms with E-state index in [1.54, 1.807) is 11.8 Å². The van der Waals surface area contributed by atoms with Gasteiger partial charge in [0.05, 0.1) is 6.61 Å². The molecule has 0 amide bonds. The first-order valence-corrected chi connectivity index (χ1v) is 6.01. The molecule has 1 aliphatic heterocycles. The van der Waals surface area contributed by atoms with Gasteiger partial charge in [0.2, 0.25) is 5.95 Å². The van der Waals surface area contributed by atoms with Crippen molar-refractivity contribution < 1.29 is 4.74 Å². The molecule has 2 rings (SSSR count). The zero-order chi connectivity index (χ0) is 12.1. The lowest BCUT2D eigenvalue weighted by molar-refractivity contribution is 0.204. The van der Waals surface area contributed by atoms with Crippen molar-refractivity contribution in [3.8, 4) is 0 Å². The fourth-order valence-corrected chi connectivity index (χ4v) is 2.15. The minimum atomic E-state index is 0.531. The second-order valence-electron chi connectivity index (χ2n) is 4.33. The summed E-state index contributed by atoms with van der Waals surface area (Å²) in [5.74, 6) is 0.802. The standard InChI is InChI=1S/C10H20N6O/c1-15-10(12-13-14-15)16(6-7-17-2)8-9-4-3-5-11-9/h9,11H,3-8H2,1-2H3. The van der Waals surface area contributed by atoms with Crippen molar-refractivity contribution in [2.24, 2.45) is 7.05 Å². The maximum atomic E-state index is 5.13. The normalized spacial score (nSPS) is 19.8. The topological polar surface area (TPSA) is 68.1 Å². The zero-order valence-corrected chi connectivity index (χ0v) is 10.5. The average molecular weight is 240 g/mol. The summed E-state index contributed by atoms with van der Waals surface area (Å²) in [6.07, 6.45) is 2.47. The highest BCUT2D eigenvalue weighted by atomic mass is 16.5. The maximum Gasteiger partial charge on any atom is 0.245 e. The Balaban J connectivity index is 1.99. The van der Waals surface area contributed by atoms with Crippen molar-refractivity contribution in [1.29, 1.82) is 0 Å². The number of hydrogen-bond donors (Lipinski definition) is 1. The first-order chi connectivity index (χ1) is 8.31. The van der Waals surface area contributed by atoms with Crippen LogP contribution in [0.4, 0.5) is 5.95 Å². The minimum Gasteiger partial charge on any atom is -0.383 e. The van der Waals surface area contributed by atoms with Gasteiger partial charge < -0.3 is 15.0 Å². The third-order valence-corrected chi connectivity index (χ3v) is 3.05. The predicted molar refractivity (Wildman–Crippen MR) is 63.9 cm³/mol. The summed E-state index contributed by atoms with van der Waals surface area (Å²) in [7, 11) is 3.57. The third-order valence-electron chi connectivity index (χ3n) is 3.05. The molecule has 0 spiro atoms. The van der Waals surface area contributed by atoms with Crippen molar-refractivity contribution in [3.05, 3.63) is 0 Å². The second-order valence-corrected chi connectivity index (χ2v) is 4.33. The first kappa shape index (κ1) is 12.3. The molecule has 7 heteroatoms. The molecule has 2 heterocycles. The molecule has 0 aromatic carbocycles. The average Bonchev–Trinajstić information content (AvgIpc) is 2.95. The Morgan fingerprint density at radius 3 is 3.06 bits per heavy atom. The molecule has 1 aliphatic rings. The largest absolute Gasteiger partial charge is 0.383 e. The number of hydrogen-bond acceptors (Lipinski definition) is 6. The van der Waals surface area contributed by atoms with E-state index < -0.39 is 0 Å². The Kier molecular flexibility index (Phi) is 4.27. The smallest absolute Gasteiger partial charge is 0.245 e. The number of tetrazole rings is 1. The highest BCUT2D eigenvalue weighted by Gasteiger charge is 2.20. The lowest BCUT2D eigenvalue weighted by Gasteiger charge is -2.25. The van der Waals surface area contributed by atoms with Gasteiger partial charge in [0, 0.05) is 33.3 Å². The molecule has 7 nitrogen and oxygen atoms in total. The summed E-state index contributed by atoms with van der Waals surface area (Å²) in [4.78, 5) is 2.17. The first-order valence-electron chi connectivity index (χ1n) is 6.01. The van der Waals surface area contributed by atoms with E-state index in [-0.39, 0.29) is 0 Å². The lowest BCUT2D eigenvalue weighted by Crippen LogP contribution is -2.40. The van der Waals surface area contributed by atoms with Gasteiger partial charge in [-0.3, -0.25) is 0 Å².